The zero-order valence-corrected chi connectivity index (χ0v) is 11.3. The van der Waals surface area contributed by atoms with Gasteiger partial charge in [0.2, 0.25) is 0 Å². The van der Waals surface area contributed by atoms with Crippen molar-refractivity contribution in [1.29, 1.82) is 0 Å². The maximum Gasteiger partial charge on any atom is 0.153 e. The SMILES string of the molecule is Cc1c(CBr)cnn1-c1ccc(Br)cn1. The fourth-order valence-electron chi connectivity index (χ4n) is 1.30. The third kappa shape index (κ3) is 2.13. The van der Waals surface area contributed by atoms with E-state index in [2.05, 4.69) is 41.9 Å². The van der Waals surface area contributed by atoms with Crippen LogP contribution in [0.15, 0.2) is 29.0 Å². The van der Waals surface area contributed by atoms with Crippen LogP contribution in [0.3, 0.4) is 0 Å². The summed E-state index contributed by atoms with van der Waals surface area (Å²) < 4.78 is 2.81. The molecule has 2 aromatic heterocycles. The van der Waals surface area contributed by atoms with Gasteiger partial charge in [-0.2, -0.15) is 5.10 Å². The fraction of sp³-hybridized carbons (Fsp3) is 0.200. The summed E-state index contributed by atoms with van der Waals surface area (Å²) in [6.07, 6.45) is 3.62. The number of nitrogens with zero attached hydrogens (tertiary/aromatic N) is 3. The number of aromatic nitrogens is 3. The van der Waals surface area contributed by atoms with E-state index in [9.17, 15) is 0 Å². The number of alkyl halides is 1. The second-order valence-electron chi connectivity index (χ2n) is 3.14. The third-order valence-corrected chi connectivity index (χ3v) is 3.26. The number of rotatable bonds is 2. The molecule has 2 heterocycles. The molecule has 3 nitrogen and oxygen atoms in total. The average Bonchev–Trinajstić information content (AvgIpc) is 2.61. The quantitative estimate of drug-likeness (QED) is 0.791. The highest BCUT2D eigenvalue weighted by atomic mass is 79.9. The smallest absolute Gasteiger partial charge is 0.153 e. The summed E-state index contributed by atoms with van der Waals surface area (Å²) in [5.74, 6) is 0.836. The fourth-order valence-corrected chi connectivity index (χ4v) is 2.08. The van der Waals surface area contributed by atoms with Crippen LogP contribution in [0, 0.1) is 6.92 Å². The van der Waals surface area contributed by atoms with Gasteiger partial charge in [0.15, 0.2) is 5.82 Å². The Morgan fingerprint density at radius 2 is 2.13 bits per heavy atom. The molecule has 15 heavy (non-hydrogen) atoms. The normalized spacial score (nSPS) is 10.6. The lowest BCUT2D eigenvalue weighted by Gasteiger charge is -2.03. The van der Waals surface area contributed by atoms with Crippen LogP contribution in [0.4, 0.5) is 0 Å². The molecule has 0 aromatic carbocycles. The minimum absolute atomic E-state index is 0.815. The van der Waals surface area contributed by atoms with Crippen molar-refractivity contribution in [1.82, 2.24) is 14.8 Å². The molecule has 0 amide bonds. The van der Waals surface area contributed by atoms with Crippen LogP contribution in [-0.2, 0) is 5.33 Å². The van der Waals surface area contributed by atoms with Crippen LogP contribution in [0.2, 0.25) is 0 Å². The Morgan fingerprint density at radius 1 is 1.33 bits per heavy atom. The van der Waals surface area contributed by atoms with Gasteiger partial charge in [-0.05, 0) is 35.0 Å². The maximum atomic E-state index is 4.30. The summed E-state index contributed by atoms with van der Waals surface area (Å²) in [5.41, 5.74) is 2.29. The Balaban J connectivity index is 2.45. The molecule has 0 fully saturated rings. The lowest BCUT2D eigenvalue weighted by molar-refractivity contribution is 0.815. The van der Waals surface area contributed by atoms with Crippen molar-refractivity contribution in [2.45, 2.75) is 12.3 Å². The van der Waals surface area contributed by atoms with E-state index in [0.29, 0.717) is 0 Å². The molecule has 0 radical (unpaired) electrons. The molecule has 0 saturated heterocycles. The van der Waals surface area contributed by atoms with Crippen molar-refractivity contribution in [3.8, 4) is 5.82 Å². The van der Waals surface area contributed by atoms with Crippen molar-refractivity contribution >= 4 is 31.9 Å². The molecular formula is C10H9Br2N3. The van der Waals surface area contributed by atoms with Crippen LogP contribution >= 0.6 is 31.9 Å². The zero-order chi connectivity index (χ0) is 10.8. The van der Waals surface area contributed by atoms with Crippen LogP contribution in [0.1, 0.15) is 11.3 Å². The first-order valence-electron chi connectivity index (χ1n) is 4.44. The first kappa shape index (κ1) is 10.8. The van der Waals surface area contributed by atoms with Gasteiger partial charge in [-0.15, -0.1) is 0 Å². The predicted octanol–water partition coefficient (Wildman–Crippen LogP) is 3.23. The Hall–Kier alpha value is -0.680. The van der Waals surface area contributed by atoms with Gasteiger partial charge in [0.1, 0.15) is 0 Å². The van der Waals surface area contributed by atoms with Gasteiger partial charge < -0.3 is 0 Å². The van der Waals surface area contributed by atoms with Gasteiger partial charge in [-0.3, -0.25) is 0 Å². The van der Waals surface area contributed by atoms with Crippen LogP contribution in [0.5, 0.6) is 0 Å². The Kier molecular flexibility index (Phi) is 3.21. The van der Waals surface area contributed by atoms with E-state index >= 15 is 0 Å². The van der Waals surface area contributed by atoms with Gasteiger partial charge in [0.05, 0.1) is 6.20 Å². The van der Waals surface area contributed by atoms with E-state index < -0.39 is 0 Å². The van der Waals surface area contributed by atoms with Crippen molar-refractivity contribution in [3.63, 3.8) is 0 Å². The van der Waals surface area contributed by atoms with Crippen molar-refractivity contribution < 1.29 is 0 Å². The molecule has 0 bridgehead atoms. The Bertz CT molecular complexity index is 462. The van der Waals surface area contributed by atoms with Gasteiger partial charge in [-0.1, -0.05) is 15.9 Å². The number of pyridine rings is 1. The lowest BCUT2D eigenvalue weighted by Crippen LogP contribution is -2.01. The van der Waals surface area contributed by atoms with E-state index in [4.69, 9.17) is 0 Å². The first-order chi connectivity index (χ1) is 7.22. The summed E-state index contributed by atoms with van der Waals surface area (Å²) in [6, 6.07) is 3.89. The summed E-state index contributed by atoms with van der Waals surface area (Å²) >= 11 is 6.78. The molecule has 2 aromatic rings. The zero-order valence-electron chi connectivity index (χ0n) is 8.11. The average molecular weight is 331 g/mol. The molecule has 0 aliphatic carbocycles. The van der Waals surface area contributed by atoms with Crippen molar-refractivity contribution in [2.75, 3.05) is 0 Å². The molecule has 0 aliphatic rings. The highest BCUT2D eigenvalue weighted by Crippen LogP contribution is 2.16. The van der Waals surface area contributed by atoms with E-state index in [1.165, 1.54) is 5.56 Å². The molecule has 0 aliphatic heterocycles. The summed E-state index contributed by atoms with van der Waals surface area (Å²) in [7, 11) is 0. The monoisotopic (exact) mass is 329 g/mol. The largest absolute Gasteiger partial charge is 0.236 e. The van der Waals surface area contributed by atoms with Crippen molar-refractivity contribution in [2.24, 2.45) is 0 Å². The third-order valence-electron chi connectivity index (χ3n) is 2.18. The molecule has 5 heteroatoms. The highest BCUT2D eigenvalue weighted by molar-refractivity contribution is 9.10. The van der Waals surface area contributed by atoms with Crippen LogP contribution in [0.25, 0.3) is 5.82 Å². The summed E-state index contributed by atoms with van der Waals surface area (Å²) in [6.45, 7) is 2.04. The highest BCUT2D eigenvalue weighted by Gasteiger charge is 2.07. The second kappa shape index (κ2) is 4.45. The minimum atomic E-state index is 0.815. The summed E-state index contributed by atoms with van der Waals surface area (Å²) in [4.78, 5) is 4.30. The van der Waals surface area contributed by atoms with E-state index in [0.717, 1.165) is 21.3 Å². The van der Waals surface area contributed by atoms with E-state index in [1.807, 2.05) is 29.9 Å². The summed E-state index contributed by atoms with van der Waals surface area (Å²) in [5, 5.41) is 5.11. The van der Waals surface area contributed by atoms with Gasteiger partial charge >= 0.3 is 0 Å². The predicted molar refractivity (Wildman–Crippen MR) is 66.4 cm³/mol. The minimum Gasteiger partial charge on any atom is -0.236 e. The molecule has 0 saturated carbocycles. The second-order valence-corrected chi connectivity index (χ2v) is 4.61. The molecule has 2 rings (SSSR count). The van der Waals surface area contributed by atoms with Crippen LogP contribution in [-0.4, -0.2) is 14.8 Å². The Morgan fingerprint density at radius 3 is 2.67 bits per heavy atom. The number of halogens is 2. The Labute approximate surface area is 105 Å². The molecule has 0 unspecified atom stereocenters. The number of hydrogen-bond donors (Lipinski definition) is 0. The van der Waals surface area contributed by atoms with E-state index in [1.54, 1.807) is 6.20 Å². The number of hydrogen-bond acceptors (Lipinski definition) is 2. The standard InChI is InChI=1S/C10H9Br2N3/c1-7-8(4-11)5-14-15(7)10-3-2-9(12)6-13-10/h2-3,5-6H,4H2,1H3. The molecule has 0 N–H and O–H groups in total. The van der Waals surface area contributed by atoms with Gasteiger partial charge in [-0.25, -0.2) is 9.67 Å². The van der Waals surface area contributed by atoms with Crippen LogP contribution < -0.4 is 0 Å². The molecular weight excluding hydrogens is 322 g/mol. The topological polar surface area (TPSA) is 30.7 Å². The van der Waals surface area contributed by atoms with Gasteiger partial charge in [0.25, 0.3) is 0 Å². The molecule has 0 spiro atoms. The van der Waals surface area contributed by atoms with Gasteiger partial charge in [0, 0.05) is 27.3 Å². The molecule has 78 valence electrons. The van der Waals surface area contributed by atoms with Crippen molar-refractivity contribution in [3.05, 3.63) is 40.3 Å². The first-order valence-corrected chi connectivity index (χ1v) is 6.35. The lowest BCUT2D eigenvalue weighted by atomic mass is 10.3. The maximum absolute atomic E-state index is 4.30. The molecule has 0 atom stereocenters. The van der Waals surface area contributed by atoms with E-state index in [-0.39, 0.29) is 0 Å².